The van der Waals surface area contributed by atoms with Crippen molar-refractivity contribution in [3.05, 3.63) is 11.7 Å². The summed E-state index contributed by atoms with van der Waals surface area (Å²) in [7, 11) is 0. The van der Waals surface area contributed by atoms with Crippen molar-refractivity contribution in [1.29, 1.82) is 0 Å². The maximum atomic E-state index is 6.09. The lowest BCUT2D eigenvalue weighted by molar-refractivity contribution is 0.179. The molecular formula is C11H19N3O2. The summed E-state index contributed by atoms with van der Waals surface area (Å²) in [6.07, 6.45) is 0.973. The number of nitrogens with zero attached hydrogens (tertiary/aromatic N) is 2. The molecular weight excluding hydrogens is 206 g/mol. The Morgan fingerprint density at radius 1 is 1.44 bits per heavy atom. The van der Waals surface area contributed by atoms with Crippen LogP contribution in [0.3, 0.4) is 0 Å². The largest absolute Gasteiger partial charge is 0.381 e. The van der Waals surface area contributed by atoms with Gasteiger partial charge in [-0.05, 0) is 6.42 Å². The molecule has 0 spiro atoms. The van der Waals surface area contributed by atoms with Crippen molar-refractivity contribution in [2.24, 2.45) is 11.7 Å². The minimum atomic E-state index is -0.178. The van der Waals surface area contributed by atoms with Crippen molar-refractivity contribution in [2.75, 3.05) is 13.2 Å². The lowest BCUT2D eigenvalue weighted by Crippen LogP contribution is -2.23. The van der Waals surface area contributed by atoms with Gasteiger partial charge in [-0.25, -0.2) is 0 Å². The first kappa shape index (κ1) is 11.5. The van der Waals surface area contributed by atoms with Crippen LogP contribution in [0.5, 0.6) is 0 Å². The Labute approximate surface area is 95.3 Å². The standard InChI is InChI=1S/C11H19N3O2/c1-11(2,3)10-13-9(14-16-10)8(12)7-4-5-15-6-7/h7-8H,4-6,12H2,1-3H3. The molecule has 2 atom stereocenters. The highest BCUT2D eigenvalue weighted by molar-refractivity contribution is 5.02. The molecule has 5 nitrogen and oxygen atoms in total. The number of hydrogen-bond donors (Lipinski definition) is 1. The Morgan fingerprint density at radius 3 is 2.69 bits per heavy atom. The summed E-state index contributed by atoms with van der Waals surface area (Å²) in [5.41, 5.74) is 5.96. The van der Waals surface area contributed by atoms with E-state index < -0.39 is 0 Å². The van der Waals surface area contributed by atoms with Crippen LogP contribution in [0.2, 0.25) is 0 Å². The molecule has 2 N–H and O–H groups in total. The first-order valence-corrected chi connectivity index (χ1v) is 5.66. The highest BCUT2D eigenvalue weighted by atomic mass is 16.5. The molecule has 5 heteroatoms. The Bertz CT molecular complexity index is 350. The van der Waals surface area contributed by atoms with Crippen LogP contribution in [0.25, 0.3) is 0 Å². The SMILES string of the molecule is CC(C)(C)c1nc(C(N)C2CCOC2)no1. The van der Waals surface area contributed by atoms with Crippen molar-refractivity contribution < 1.29 is 9.26 Å². The summed E-state index contributed by atoms with van der Waals surface area (Å²) < 4.78 is 10.5. The van der Waals surface area contributed by atoms with Gasteiger partial charge < -0.3 is 15.0 Å². The van der Waals surface area contributed by atoms with E-state index in [1.165, 1.54) is 0 Å². The molecule has 2 heterocycles. The fourth-order valence-corrected chi connectivity index (χ4v) is 1.72. The number of hydrogen-bond acceptors (Lipinski definition) is 5. The Hall–Kier alpha value is -0.940. The molecule has 0 aliphatic carbocycles. The second-order valence-corrected chi connectivity index (χ2v) is 5.36. The molecule has 0 bridgehead atoms. The summed E-state index contributed by atoms with van der Waals surface area (Å²) in [6.45, 7) is 7.58. The predicted molar refractivity (Wildman–Crippen MR) is 58.9 cm³/mol. The van der Waals surface area contributed by atoms with Crippen molar-refractivity contribution in [1.82, 2.24) is 10.1 Å². The zero-order valence-corrected chi connectivity index (χ0v) is 10.1. The fourth-order valence-electron chi connectivity index (χ4n) is 1.72. The van der Waals surface area contributed by atoms with E-state index in [9.17, 15) is 0 Å². The third kappa shape index (κ3) is 2.25. The Kier molecular flexibility index (Phi) is 2.99. The monoisotopic (exact) mass is 225 g/mol. The van der Waals surface area contributed by atoms with Crippen LogP contribution in [0.4, 0.5) is 0 Å². The van der Waals surface area contributed by atoms with Gasteiger partial charge in [0.25, 0.3) is 0 Å². The summed E-state index contributed by atoms with van der Waals surface area (Å²) in [5.74, 6) is 1.54. The summed E-state index contributed by atoms with van der Waals surface area (Å²) in [5, 5.41) is 3.96. The van der Waals surface area contributed by atoms with Gasteiger partial charge in [-0.3, -0.25) is 0 Å². The van der Waals surface area contributed by atoms with Gasteiger partial charge in [-0.1, -0.05) is 25.9 Å². The minimum Gasteiger partial charge on any atom is -0.381 e. The second kappa shape index (κ2) is 4.14. The van der Waals surface area contributed by atoms with Gasteiger partial charge in [0.15, 0.2) is 5.82 Å². The third-order valence-corrected chi connectivity index (χ3v) is 2.85. The summed E-state index contributed by atoms with van der Waals surface area (Å²) >= 11 is 0. The van der Waals surface area contributed by atoms with Gasteiger partial charge in [-0.2, -0.15) is 4.98 Å². The van der Waals surface area contributed by atoms with E-state index in [4.69, 9.17) is 15.0 Å². The number of nitrogens with two attached hydrogens (primary N) is 1. The molecule has 1 aliphatic rings. The van der Waals surface area contributed by atoms with Crippen LogP contribution in [0.15, 0.2) is 4.52 Å². The maximum absolute atomic E-state index is 6.09. The summed E-state index contributed by atoms with van der Waals surface area (Å²) in [4.78, 5) is 4.37. The highest BCUT2D eigenvalue weighted by Gasteiger charge is 2.29. The molecule has 0 amide bonds. The maximum Gasteiger partial charge on any atom is 0.232 e. The number of rotatable bonds is 2. The molecule has 1 aromatic rings. The second-order valence-electron chi connectivity index (χ2n) is 5.36. The van der Waals surface area contributed by atoms with E-state index in [1.807, 2.05) is 20.8 Å². The molecule has 2 unspecified atom stereocenters. The molecule has 0 saturated carbocycles. The van der Waals surface area contributed by atoms with Gasteiger partial charge in [-0.15, -0.1) is 0 Å². The molecule has 1 aliphatic heterocycles. The average Bonchev–Trinajstić information content (AvgIpc) is 2.87. The van der Waals surface area contributed by atoms with Gasteiger partial charge in [0, 0.05) is 17.9 Å². The third-order valence-electron chi connectivity index (χ3n) is 2.85. The predicted octanol–water partition coefficient (Wildman–Crippen LogP) is 1.40. The zero-order chi connectivity index (χ0) is 11.8. The fraction of sp³-hybridized carbons (Fsp3) is 0.818. The molecule has 2 rings (SSSR count). The Balaban J connectivity index is 2.12. The lowest BCUT2D eigenvalue weighted by atomic mass is 9.96. The highest BCUT2D eigenvalue weighted by Crippen LogP contribution is 2.27. The smallest absolute Gasteiger partial charge is 0.232 e. The molecule has 90 valence electrons. The molecule has 1 saturated heterocycles. The molecule has 16 heavy (non-hydrogen) atoms. The van der Waals surface area contributed by atoms with Crippen LogP contribution in [-0.2, 0) is 10.2 Å². The zero-order valence-electron chi connectivity index (χ0n) is 10.1. The van der Waals surface area contributed by atoms with Crippen LogP contribution >= 0.6 is 0 Å². The first-order valence-electron chi connectivity index (χ1n) is 5.66. The van der Waals surface area contributed by atoms with Crippen LogP contribution < -0.4 is 5.73 Å². The van der Waals surface area contributed by atoms with Gasteiger partial charge in [0.1, 0.15) is 0 Å². The van der Waals surface area contributed by atoms with Gasteiger partial charge in [0.05, 0.1) is 12.6 Å². The quantitative estimate of drug-likeness (QED) is 0.823. The van der Waals surface area contributed by atoms with Crippen LogP contribution in [0, 0.1) is 5.92 Å². The van der Waals surface area contributed by atoms with E-state index in [2.05, 4.69) is 10.1 Å². The molecule has 0 aromatic carbocycles. The summed E-state index contributed by atoms with van der Waals surface area (Å²) in [6, 6.07) is -0.178. The normalized spacial score (nSPS) is 23.6. The molecule has 1 aromatic heterocycles. The first-order chi connectivity index (χ1) is 7.48. The minimum absolute atomic E-state index is 0.128. The van der Waals surface area contributed by atoms with Gasteiger partial charge in [0.2, 0.25) is 5.89 Å². The van der Waals surface area contributed by atoms with Crippen LogP contribution in [-0.4, -0.2) is 23.4 Å². The van der Waals surface area contributed by atoms with E-state index in [-0.39, 0.29) is 11.5 Å². The van der Waals surface area contributed by atoms with Crippen molar-refractivity contribution in [2.45, 2.75) is 38.6 Å². The van der Waals surface area contributed by atoms with Crippen molar-refractivity contribution >= 4 is 0 Å². The van der Waals surface area contributed by atoms with Crippen molar-refractivity contribution in [3.63, 3.8) is 0 Å². The van der Waals surface area contributed by atoms with Crippen molar-refractivity contribution in [3.8, 4) is 0 Å². The molecule has 0 radical (unpaired) electrons. The van der Waals surface area contributed by atoms with E-state index in [0.29, 0.717) is 24.2 Å². The topological polar surface area (TPSA) is 74.2 Å². The van der Waals surface area contributed by atoms with E-state index in [1.54, 1.807) is 0 Å². The molecule has 1 fully saturated rings. The number of ether oxygens (including phenoxy) is 1. The van der Waals surface area contributed by atoms with E-state index >= 15 is 0 Å². The lowest BCUT2D eigenvalue weighted by Gasteiger charge is -2.13. The van der Waals surface area contributed by atoms with Gasteiger partial charge >= 0.3 is 0 Å². The Morgan fingerprint density at radius 2 is 2.19 bits per heavy atom. The number of aromatic nitrogens is 2. The van der Waals surface area contributed by atoms with E-state index in [0.717, 1.165) is 13.0 Å². The average molecular weight is 225 g/mol. The van der Waals surface area contributed by atoms with Crippen LogP contribution in [0.1, 0.15) is 44.9 Å².